The Bertz CT molecular complexity index is 333. The van der Waals surface area contributed by atoms with Gasteiger partial charge in [0.15, 0.2) is 0 Å². The molecule has 0 heterocycles. The molecular formula is C22H41NO. The lowest BCUT2D eigenvalue weighted by molar-refractivity contribution is 0.218. The maximum Gasteiger partial charge on any atom is 0.112 e. The van der Waals surface area contributed by atoms with Crippen LogP contribution in [0.15, 0.2) is 36.8 Å². The molecule has 0 radical (unpaired) electrons. The first-order valence-electron chi connectivity index (χ1n) is 10.1. The molecule has 0 aliphatic carbocycles. The Morgan fingerprint density at radius 2 is 1.12 bits per heavy atom. The van der Waals surface area contributed by atoms with Crippen LogP contribution in [-0.4, -0.2) is 6.61 Å². The summed E-state index contributed by atoms with van der Waals surface area (Å²) in [7, 11) is 0. The van der Waals surface area contributed by atoms with Crippen molar-refractivity contribution in [1.82, 2.24) is 0 Å². The minimum Gasteiger partial charge on any atom is -0.494 e. The number of nitrogens with two attached hydrogens (primary N) is 1. The first kappa shape index (κ1) is 22.8. The summed E-state index contributed by atoms with van der Waals surface area (Å²) < 4.78 is 5.52. The minimum atomic E-state index is 0.524. The van der Waals surface area contributed by atoms with E-state index >= 15 is 0 Å². The van der Waals surface area contributed by atoms with E-state index in [0.29, 0.717) is 11.5 Å². The lowest BCUT2D eigenvalue weighted by Crippen LogP contribution is -1.94. The summed E-state index contributed by atoms with van der Waals surface area (Å²) >= 11 is 0. The molecule has 0 saturated heterocycles. The Hall–Kier alpha value is -1.18. The lowest BCUT2D eigenvalue weighted by Gasteiger charge is -2.06. The summed E-state index contributed by atoms with van der Waals surface area (Å²) in [4.78, 5) is 0. The summed E-state index contributed by atoms with van der Waals surface area (Å²) in [6.45, 7) is 10.5. The standard InChI is InChI=1S/C22H41NO/c1-4-5-6-7-8-9-10-11-12-13-14-15-16-17-20-24-22(3)19-18-21(2)23/h18-19H,2-17,20,23H2,1H3/b19-18-. The van der Waals surface area contributed by atoms with E-state index in [0.717, 1.165) is 13.0 Å². The van der Waals surface area contributed by atoms with Gasteiger partial charge in [-0.1, -0.05) is 104 Å². The molecule has 0 rings (SSSR count). The molecule has 0 aromatic rings. The second kappa shape index (κ2) is 18.2. The van der Waals surface area contributed by atoms with Crippen LogP contribution in [0.3, 0.4) is 0 Å². The Morgan fingerprint density at radius 1 is 0.708 bits per heavy atom. The first-order valence-corrected chi connectivity index (χ1v) is 10.1. The van der Waals surface area contributed by atoms with Gasteiger partial charge in [-0.3, -0.25) is 0 Å². The van der Waals surface area contributed by atoms with E-state index in [4.69, 9.17) is 10.5 Å². The zero-order valence-corrected chi connectivity index (χ0v) is 16.2. The highest BCUT2D eigenvalue weighted by atomic mass is 16.5. The van der Waals surface area contributed by atoms with Crippen molar-refractivity contribution in [2.24, 2.45) is 5.73 Å². The summed E-state index contributed by atoms with van der Waals surface area (Å²) in [5, 5.41) is 0. The molecule has 0 unspecified atom stereocenters. The third-order valence-electron chi connectivity index (χ3n) is 4.27. The maximum absolute atomic E-state index is 5.52. The van der Waals surface area contributed by atoms with Crippen molar-refractivity contribution < 1.29 is 4.74 Å². The molecule has 2 nitrogen and oxygen atoms in total. The van der Waals surface area contributed by atoms with Crippen LogP contribution in [-0.2, 0) is 4.74 Å². The predicted octanol–water partition coefficient (Wildman–Crippen LogP) is 7.03. The second-order valence-corrected chi connectivity index (χ2v) is 6.82. The van der Waals surface area contributed by atoms with Gasteiger partial charge in [0.05, 0.1) is 6.61 Å². The second-order valence-electron chi connectivity index (χ2n) is 6.82. The maximum atomic E-state index is 5.52. The van der Waals surface area contributed by atoms with E-state index in [9.17, 15) is 0 Å². The Labute approximate surface area is 151 Å². The highest BCUT2D eigenvalue weighted by molar-refractivity contribution is 5.18. The average Bonchev–Trinajstić information content (AvgIpc) is 2.56. The van der Waals surface area contributed by atoms with Crippen LogP contribution in [0.1, 0.15) is 96.8 Å². The summed E-state index contributed by atoms with van der Waals surface area (Å²) in [6, 6.07) is 0. The fraction of sp³-hybridized carbons (Fsp3) is 0.727. The molecule has 0 aromatic heterocycles. The fourth-order valence-corrected chi connectivity index (χ4v) is 2.75. The van der Waals surface area contributed by atoms with E-state index in [1.807, 2.05) is 0 Å². The van der Waals surface area contributed by atoms with Crippen LogP contribution in [0.4, 0.5) is 0 Å². The van der Waals surface area contributed by atoms with Gasteiger partial charge in [-0.15, -0.1) is 0 Å². The molecule has 0 fully saturated rings. The zero-order valence-electron chi connectivity index (χ0n) is 16.2. The van der Waals surface area contributed by atoms with Gasteiger partial charge in [0, 0.05) is 5.70 Å². The topological polar surface area (TPSA) is 35.2 Å². The van der Waals surface area contributed by atoms with Crippen molar-refractivity contribution in [1.29, 1.82) is 0 Å². The molecule has 0 aromatic carbocycles. The van der Waals surface area contributed by atoms with E-state index in [2.05, 4.69) is 20.1 Å². The highest BCUT2D eigenvalue weighted by Gasteiger charge is 1.95. The fourth-order valence-electron chi connectivity index (χ4n) is 2.75. The third-order valence-corrected chi connectivity index (χ3v) is 4.27. The normalized spacial score (nSPS) is 11.0. The van der Waals surface area contributed by atoms with E-state index in [1.54, 1.807) is 12.2 Å². The van der Waals surface area contributed by atoms with E-state index in [-0.39, 0.29) is 0 Å². The quantitative estimate of drug-likeness (QED) is 0.166. The van der Waals surface area contributed by atoms with E-state index in [1.165, 1.54) is 83.5 Å². The molecule has 2 heteroatoms. The predicted molar refractivity (Wildman–Crippen MR) is 108 cm³/mol. The molecule has 2 N–H and O–H groups in total. The number of hydrogen-bond acceptors (Lipinski definition) is 2. The van der Waals surface area contributed by atoms with Crippen LogP contribution in [0.5, 0.6) is 0 Å². The SMILES string of the molecule is C=C(N)/C=C\C(=C)OCCCCCCCCCCCCCCCC. The largest absolute Gasteiger partial charge is 0.494 e. The Balaban J connectivity index is 3.15. The molecule has 0 saturated carbocycles. The third kappa shape index (κ3) is 18.9. The van der Waals surface area contributed by atoms with Gasteiger partial charge in [-0.05, 0) is 18.6 Å². The van der Waals surface area contributed by atoms with Crippen LogP contribution in [0.25, 0.3) is 0 Å². The van der Waals surface area contributed by atoms with Gasteiger partial charge in [0.25, 0.3) is 0 Å². The lowest BCUT2D eigenvalue weighted by atomic mass is 10.0. The molecule has 140 valence electrons. The van der Waals surface area contributed by atoms with Gasteiger partial charge >= 0.3 is 0 Å². The smallest absolute Gasteiger partial charge is 0.112 e. The highest BCUT2D eigenvalue weighted by Crippen LogP contribution is 2.13. The van der Waals surface area contributed by atoms with Gasteiger partial charge in [-0.25, -0.2) is 0 Å². The molecular weight excluding hydrogens is 294 g/mol. The molecule has 24 heavy (non-hydrogen) atoms. The number of rotatable bonds is 18. The molecule has 0 bridgehead atoms. The van der Waals surface area contributed by atoms with Gasteiger partial charge < -0.3 is 10.5 Å². The Kier molecular flexibility index (Phi) is 17.3. The summed E-state index contributed by atoms with van der Waals surface area (Å²) in [6.07, 6.45) is 22.7. The molecule has 0 amide bonds. The van der Waals surface area contributed by atoms with E-state index < -0.39 is 0 Å². The van der Waals surface area contributed by atoms with Gasteiger partial charge in [-0.2, -0.15) is 0 Å². The summed E-state index contributed by atoms with van der Waals surface area (Å²) in [5.41, 5.74) is 5.97. The van der Waals surface area contributed by atoms with Crippen molar-refractivity contribution in [3.63, 3.8) is 0 Å². The van der Waals surface area contributed by atoms with Crippen LogP contribution >= 0.6 is 0 Å². The van der Waals surface area contributed by atoms with Crippen LogP contribution < -0.4 is 5.73 Å². The van der Waals surface area contributed by atoms with Crippen molar-refractivity contribution in [2.75, 3.05) is 6.61 Å². The summed E-state index contributed by atoms with van der Waals surface area (Å²) in [5.74, 6) is 0.663. The van der Waals surface area contributed by atoms with Gasteiger partial charge in [0.1, 0.15) is 5.76 Å². The van der Waals surface area contributed by atoms with Crippen molar-refractivity contribution in [2.45, 2.75) is 96.8 Å². The molecule has 0 aliphatic heterocycles. The monoisotopic (exact) mass is 335 g/mol. The molecule has 0 spiro atoms. The van der Waals surface area contributed by atoms with Crippen molar-refractivity contribution >= 4 is 0 Å². The van der Waals surface area contributed by atoms with Crippen LogP contribution in [0, 0.1) is 0 Å². The Morgan fingerprint density at radius 3 is 1.54 bits per heavy atom. The number of ether oxygens (including phenoxy) is 1. The minimum absolute atomic E-state index is 0.524. The average molecular weight is 336 g/mol. The molecule has 0 aliphatic rings. The molecule has 0 atom stereocenters. The number of hydrogen-bond donors (Lipinski definition) is 1. The van der Waals surface area contributed by atoms with Gasteiger partial charge in [0.2, 0.25) is 0 Å². The zero-order chi connectivity index (χ0) is 17.9. The first-order chi connectivity index (χ1) is 11.7. The number of unbranched alkanes of at least 4 members (excludes halogenated alkanes) is 13. The van der Waals surface area contributed by atoms with Crippen LogP contribution in [0.2, 0.25) is 0 Å². The van der Waals surface area contributed by atoms with Crippen molar-refractivity contribution in [3.8, 4) is 0 Å². The van der Waals surface area contributed by atoms with Crippen molar-refractivity contribution in [3.05, 3.63) is 36.8 Å². The number of allylic oxidation sites excluding steroid dienone is 2.